The van der Waals surface area contributed by atoms with Crippen molar-refractivity contribution in [3.63, 3.8) is 0 Å². The molecule has 0 unspecified atom stereocenters. The van der Waals surface area contributed by atoms with Crippen molar-refractivity contribution >= 4 is 0 Å². The van der Waals surface area contributed by atoms with Gasteiger partial charge in [0, 0.05) is 6.20 Å². The van der Waals surface area contributed by atoms with Gasteiger partial charge in [0.25, 0.3) is 0 Å². The largest absolute Gasteiger partial charge is 0.382 e. The molecule has 0 aromatic carbocycles. The number of aromatic amines is 1. The molecule has 0 aromatic rings. The minimum Gasteiger partial charge on any atom is -0.382 e. The van der Waals surface area contributed by atoms with Crippen molar-refractivity contribution < 1.29 is 4.52 Å². The molecule has 1 heterocycles. The number of hydrogen-bond acceptors (Lipinski definition) is 2. The highest BCUT2D eigenvalue weighted by molar-refractivity contribution is 5.07. The molecule has 0 bridgehead atoms. The first-order valence-electron chi connectivity index (χ1n) is 2.93. The molecule has 0 spiro atoms. The second-order valence-electron chi connectivity index (χ2n) is 2.03. The van der Waals surface area contributed by atoms with Gasteiger partial charge in [-0.15, -0.1) is 0 Å². The van der Waals surface area contributed by atoms with Crippen molar-refractivity contribution in [3.8, 4) is 0 Å². The molecule has 0 atom stereocenters. The lowest BCUT2D eigenvalue weighted by molar-refractivity contribution is 0.377. The van der Waals surface area contributed by atoms with E-state index in [0.29, 0.717) is 10.6 Å². The van der Waals surface area contributed by atoms with E-state index in [-0.39, 0.29) is 5.43 Å². The Kier molecular flexibility index (Phi) is 0.917. The third-order valence-electron chi connectivity index (χ3n) is 1.40. The molecule has 3 nitrogen and oxygen atoms in total. The van der Waals surface area contributed by atoms with Gasteiger partial charge in [-0.3, -0.25) is 4.79 Å². The zero-order valence-electron chi connectivity index (χ0n) is 5.13. The predicted molar refractivity (Wildman–Crippen MR) is 34.6 cm³/mol. The first-order chi connectivity index (χ1) is 4.88. The van der Waals surface area contributed by atoms with E-state index in [9.17, 15) is 4.79 Å². The van der Waals surface area contributed by atoms with Gasteiger partial charge in [-0.05, 0) is 18.2 Å². The molecule has 0 fully saturated rings. The van der Waals surface area contributed by atoms with Crippen LogP contribution in [0.2, 0.25) is 0 Å². The lowest BCUT2D eigenvalue weighted by atomic mass is 10.4. The van der Waals surface area contributed by atoms with Crippen LogP contribution >= 0.6 is 0 Å². The molecular weight excluding hydrogens is 130 g/mol. The summed E-state index contributed by atoms with van der Waals surface area (Å²) in [5, 5.41) is 3.16. The lowest BCUT2D eigenvalue weighted by Crippen LogP contribution is -1.92. The minimum absolute atomic E-state index is 0.00718. The Morgan fingerprint density at radius 1 is 1.30 bits per heavy atom. The van der Waals surface area contributed by atoms with Crippen LogP contribution in [0.1, 0.15) is 0 Å². The summed E-state index contributed by atoms with van der Waals surface area (Å²) in [6, 6.07) is 4.83. The standard InChI is InChI=1S/C7H5NO2/c9-6-1-2-7-5(6)3-4-8-10-7/h1-4,8H. The summed E-state index contributed by atoms with van der Waals surface area (Å²) in [7, 11) is 0. The van der Waals surface area contributed by atoms with Gasteiger partial charge in [0.05, 0.1) is 5.22 Å². The monoisotopic (exact) mass is 135 g/mol. The van der Waals surface area contributed by atoms with E-state index in [0.717, 1.165) is 0 Å². The quantitative estimate of drug-likeness (QED) is 0.577. The van der Waals surface area contributed by atoms with E-state index in [1.165, 1.54) is 6.07 Å². The van der Waals surface area contributed by atoms with Crippen LogP contribution in [0.25, 0.3) is 0 Å². The molecule has 0 aromatic heterocycles. The van der Waals surface area contributed by atoms with Crippen molar-refractivity contribution in [3.05, 3.63) is 45.3 Å². The fourth-order valence-corrected chi connectivity index (χ4v) is 0.920. The van der Waals surface area contributed by atoms with Gasteiger partial charge in [0.1, 0.15) is 0 Å². The number of hydrogen-bond donors (Lipinski definition) is 1. The molecule has 2 aliphatic rings. The zero-order chi connectivity index (χ0) is 6.97. The molecular formula is C7H5NO2. The molecule has 1 aliphatic carbocycles. The maximum Gasteiger partial charge on any atom is 0.189 e. The van der Waals surface area contributed by atoms with Crippen molar-refractivity contribution in [1.29, 1.82) is 0 Å². The molecule has 10 heavy (non-hydrogen) atoms. The van der Waals surface area contributed by atoms with Gasteiger partial charge >= 0.3 is 0 Å². The summed E-state index contributed by atoms with van der Waals surface area (Å²) in [5.74, 6) is 0. The molecule has 0 radical (unpaired) electrons. The van der Waals surface area contributed by atoms with Crippen LogP contribution in [0.3, 0.4) is 0 Å². The Morgan fingerprint density at radius 3 is 3.00 bits per heavy atom. The SMILES string of the molecule is O=c1ccc2o[nH]ccc1=2. The average Bonchev–Trinajstić information content (AvgIpc) is 2.34. The Hall–Kier alpha value is -1.51. The molecule has 3 heteroatoms. The Balaban J connectivity index is 3.21. The smallest absolute Gasteiger partial charge is 0.189 e. The summed E-state index contributed by atoms with van der Waals surface area (Å²) in [5.41, 5.74) is 0.611. The zero-order valence-corrected chi connectivity index (χ0v) is 5.13. The summed E-state index contributed by atoms with van der Waals surface area (Å²) < 4.78 is 4.91. The molecule has 0 amide bonds. The van der Waals surface area contributed by atoms with Crippen LogP contribution in [0.15, 0.2) is 33.7 Å². The van der Waals surface area contributed by atoms with E-state index < -0.39 is 0 Å². The number of H-pyrrole nitrogens is 1. The second kappa shape index (κ2) is 1.73. The first-order valence-corrected chi connectivity index (χ1v) is 2.93. The highest BCUT2D eigenvalue weighted by Crippen LogP contribution is 1.90. The van der Waals surface area contributed by atoms with Gasteiger partial charge in [0.15, 0.2) is 10.8 Å². The van der Waals surface area contributed by atoms with Crippen LogP contribution in [0, 0.1) is 10.6 Å². The van der Waals surface area contributed by atoms with E-state index in [2.05, 4.69) is 5.16 Å². The van der Waals surface area contributed by atoms with Gasteiger partial charge in [-0.1, -0.05) is 0 Å². The fraction of sp³-hybridized carbons (Fsp3) is 0. The van der Waals surface area contributed by atoms with Crippen LogP contribution in [-0.4, -0.2) is 5.16 Å². The third kappa shape index (κ3) is 0.572. The Bertz CT molecular complexity index is 439. The maximum atomic E-state index is 10.9. The third-order valence-corrected chi connectivity index (χ3v) is 1.40. The van der Waals surface area contributed by atoms with Crippen molar-refractivity contribution in [1.82, 2.24) is 5.16 Å². The van der Waals surface area contributed by atoms with Crippen LogP contribution < -0.4 is 5.43 Å². The fourth-order valence-electron chi connectivity index (χ4n) is 0.920. The van der Waals surface area contributed by atoms with Gasteiger partial charge < -0.3 is 4.52 Å². The summed E-state index contributed by atoms with van der Waals surface area (Å²) >= 11 is 0. The number of aromatic nitrogens is 1. The van der Waals surface area contributed by atoms with E-state index in [1.54, 1.807) is 18.3 Å². The van der Waals surface area contributed by atoms with Gasteiger partial charge in [-0.25, -0.2) is 5.16 Å². The van der Waals surface area contributed by atoms with Crippen molar-refractivity contribution in [2.75, 3.05) is 0 Å². The normalized spacial score (nSPS) is 10.4. The van der Waals surface area contributed by atoms with Gasteiger partial charge in [0.2, 0.25) is 0 Å². The Morgan fingerprint density at radius 2 is 2.20 bits per heavy atom. The maximum absolute atomic E-state index is 10.9. The first kappa shape index (κ1) is 5.29. The topological polar surface area (TPSA) is 46.0 Å². The summed E-state index contributed by atoms with van der Waals surface area (Å²) in [6.45, 7) is 0. The summed E-state index contributed by atoms with van der Waals surface area (Å²) in [4.78, 5) is 10.9. The predicted octanol–water partition coefficient (Wildman–Crippen LogP) is 0.693. The van der Waals surface area contributed by atoms with Gasteiger partial charge in [-0.2, -0.15) is 0 Å². The lowest BCUT2D eigenvalue weighted by Gasteiger charge is -1.80. The number of rotatable bonds is 0. The molecule has 1 aliphatic heterocycles. The molecule has 1 N–H and O–H groups in total. The number of nitrogens with one attached hydrogen (secondary N) is 1. The second-order valence-corrected chi connectivity index (χ2v) is 2.03. The highest BCUT2D eigenvalue weighted by atomic mass is 16.5. The van der Waals surface area contributed by atoms with Crippen molar-refractivity contribution in [2.24, 2.45) is 0 Å². The summed E-state index contributed by atoms with van der Waals surface area (Å²) in [6.07, 6.45) is 1.59. The molecule has 50 valence electrons. The van der Waals surface area contributed by atoms with E-state index in [4.69, 9.17) is 4.52 Å². The van der Waals surface area contributed by atoms with Crippen LogP contribution in [-0.2, 0) is 0 Å². The van der Waals surface area contributed by atoms with E-state index >= 15 is 0 Å². The average molecular weight is 135 g/mol. The molecule has 0 saturated heterocycles. The molecule has 2 rings (SSSR count). The highest BCUT2D eigenvalue weighted by Gasteiger charge is 1.93. The van der Waals surface area contributed by atoms with Crippen LogP contribution in [0.4, 0.5) is 0 Å². The van der Waals surface area contributed by atoms with Crippen molar-refractivity contribution in [2.45, 2.75) is 0 Å². The minimum atomic E-state index is 0.00718. The Labute approximate surface area is 55.9 Å². The van der Waals surface area contributed by atoms with E-state index in [1.807, 2.05) is 0 Å². The molecule has 0 saturated carbocycles. The van der Waals surface area contributed by atoms with Crippen LogP contribution in [0.5, 0.6) is 0 Å².